The standard InChI is InChI=1S/C29H31N5O3/c1-18-12-26(34(33-18)23-7-2-4-20(13-23)16-30)29(37)32-22-6-3-5-21(14-22)28(31-17-19-8-9-19)25-15-24(35)10-11-27(25)36/h2-7,10-15,19,28,31,35-36H,8-9,16-17,30H2,1H3,(H,32,37). The van der Waals surface area contributed by atoms with Crippen LogP contribution in [0.15, 0.2) is 72.8 Å². The minimum Gasteiger partial charge on any atom is -0.508 e. The topological polar surface area (TPSA) is 125 Å². The van der Waals surface area contributed by atoms with E-state index < -0.39 is 0 Å². The fourth-order valence-corrected chi connectivity index (χ4v) is 4.45. The van der Waals surface area contributed by atoms with E-state index in [1.54, 1.807) is 16.8 Å². The van der Waals surface area contributed by atoms with Gasteiger partial charge in [0.05, 0.1) is 17.4 Å². The number of hydrogen-bond donors (Lipinski definition) is 5. The summed E-state index contributed by atoms with van der Waals surface area (Å²) in [5, 5.41) is 31.7. The highest BCUT2D eigenvalue weighted by Gasteiger charge is 2.25. The number of amides is 1. The van der Waals surface area contributed by atoms with Crippen LogP contribution in [-0.4, -0.2) is 32.4 Å². The Morgan fingerprint density at radius 3 is 2.68 bits per heavy atom. The van der Waals surface area contributed by atoms with Crippen LogP contribution in [0, 0.1) is 12.8 Å². The average Bonchev–Trinajstić information content (AvgIpc) is 3.65. The smallest absolute Gasteiger partial charge is 0.274 e. The maximum Gasteiger partial charge on any atom is 0.274 e. The van der Waals surface area contributed by atoms with Crippen molar-refractivity contribution in [2.45, 2.75) is 32.4 Å². The van der Waals surface area contributed by atoms with Gasteiger partial charge in [-0.1, -0.05) is 24.3 Å². The van der Waals surface area contributed by atoms with Crippen LogP contribution >= 0.6 is 0 Å². The lowest BCUT2D eigenvalue weighted by atomic mass is 9.96. The Bertz CT molecular complexity index is 1430. The number of nitrogens with two attached hydrogens (primary N) is 1. The van der Waals surface area contributed by atoms with Gasteiger partial charge in [0, 0.05) is 17.8 Å². The fourth-order valence-electron chi connectivity index (χ4n) is 4.45. The first-order valence-corrected chi connectivity index (χ1v) is 12.4. The summed E-state index contributed by atoms with van der Waals surface area (Å²) >= 11 is 0. The van der Waals surface area contributed by atoms with Crippen LogP contribution in [-0.2, 0) is 6.54 Å². The van der Waals surface area contributed by atoms with E-state index in [1.165, 1.54) is 25.0 Å². The van der Waals surface area contributed by atoms with Crippen molar-refractivity contribution in [1.29, 1.82) is 0 Å². The second-order valence-electron chi connectivity index (χ2n) is 9.56. The molecule has 4 aromatic rings. The van der Waals surface area contributed by atoms with Crippen molar-refractivity contribution in [1.82, 2.24) is 15.1 Å². The van der Waals surface area contributed by atoms with Gasteiger partial charge in [-0.15, -0.1) is 0 Å². The average molecular weight is 498 g/mol. The number of aryl methyl sites for hydroxylation is 1. The van der Waals surface area contributed by atoms with Crippen molar-refractivity contribution in [3.63, 3.8) is 0 Å². The number of hydrogen-bond acceptors (Lipinski definition) is 6. The molecule has 8 nitrogen and oxygen atoms in total. The Balaban J connectivity index is 1.43. The summed E-state index contributed by atoms with van der Waals surface area (Å²) in [7, 11) is 0. The number of aromatic hydroxyl groups is 2. The first-order valence-electron chi connectivity index (χ1n) is 12.4. The van der Waals surface area contributed by atoms with E-state index in [-0.39, 0.29) is 23.4 Å². The Hall–Kier alpha value is -4.14. The summed E-state index contributed by atoms with van der Waals surface area (Å²) in [6.45, 7) is 3.04. The molecule has 0 radical (unpaired) electrons. The van der Waals surface area contributed by atoms with Gasteiger partial charge in [0.25, 0.3) is 5.91 Å². The molecular weight excluding hydrogens is 466 g/mol. The van der Waals surface area contributed by atoms with Crippen LogP contribution in [0.5, 0.6) is 11.5 Å². The second kappa shape index (κ2) is 10.5. The van der Waals surface area contributed by atoms with E-state index in [2.05, 4.69) is 15.7 Å². The van der Waals surface area contributed by atoms with Crippen LogP contribution in [0.3, 0.4) is 0 Å². The number of carbonyl (C=O) groups is 1. The third-order valence-electron chi connectivity index (χ3n) is 6.56. The SMILES string of the molecule is Cc1cc(C(=O)Nc2cccc(C(NCC3CC3)c3cc(O)ccc3O)c2)n(-c2cccc(CN)c2)n1. The summed E-state index contributed by atoms with van der Waals surface area (Å²) in [5.41, 5.74) is 10.7. The predicted molar refractivity (Wildman–Crippen MR) is 143 cm³/mol. The van der Waals surface area contributed by atoms with Gasteiger partial charge in [-0.2, -0.15) is 5.10 Å². The third kappa shape index (κ3) is 5.66. The van der Waals surface area contributed by atoms with Crippen LogP contribution in [0.4, 0.5) is 5.69 Å². The zero-order valence-electron chi connectivity index (χ0n) is 20.7. The minimum absolute atomic E-state index is 0.0813. The number of carbonyl (C=O) groups excluding carboxylic acids is 1. The number of phenolic OH excluding ortho intramolecular Hbond substituents is 2. The molecule has 1 aromatic heterocycles. The molecule has 190 valence electrons. The number of phenols is 2. The Labute approximate surface area is 215 Å². The summed E-state index contributed by atoms with van der Waals surface area (Å²) in [4.78, 5) is 13.4. The maximum atomic E-state index is 13.4. The molecule has 1 amide bonds. The first kappa shape index (κ1) is 24.5. The molecule has 37 heavy (non-hydrogen) atoms. The third-order valence-corrected chi connectivity index (χ3v) is 6.56. The summed E-state index contributed by atoms with van der Waals surface area (Å²) in [5.74, 6) is 0.502. The molecule has 1 atom stereocenters. The molecule has 1 saturated carbocycles. The largest absolute Gasteiger partial charge is 0.508 e. The van der Waals surface area contributed by atoms with E-state index in [0.717, 1.165) is 29.1 Å². The van der Waals surface area contributed by atoms with Gasteiger partial charge in [-0.05, 0) is 91.9 Å². The molecule has 1 unspecified atom stereocenters. The quantitative estimate of drug-likeness (QED) is 0.218. The lowest BCUT2D eigenvalue weighted by Crippen LogP contribution is -2.25. The lowest BCUT2D eigenvalue weighted by Gasteiger charge is -2.22. The summed E-state index contributed by atoms with van der Waals surface area (Å²) in [6.07, 6.45) is 2.37. The first-order chi connectivity index (χ1) is 17.9. The minimum atomic E-state index is -0.351. The Morgan fingerprint density at radius 2 is 1.89 bits per heavy atom. The van der Waals surface area contributed by atoms with Crippen molar-refractivity contribution in [2.24, 2.45) is 11.7 Å². The molecule has 1 aliphatic rings. The zero-order valence-corrected chi connectivity index (χ0v) is 20.7. The number of aromatic nitrogens is 2. The van der Waals surface area contributed by atoms with Gasteiger partial charge in [0.2, 0.25) is 0 Å². The highest BCUT2D eigenvalue weighted by Crippen LogP contribution is 2.35. The fraction of sp³-hybridized carbons (Fsp3) is 0.241. The molecule has 8 heteroatoms. The van der Waals surface area contributed by atoms with E-state index in [0.29, 0.717) is 29.4 Å². The molecule has 1 fully saturated rings. The van der Waals surface area contributed by atoms with E-state index in [4.69, 9.17) is 5.73 Å². The molecule has 0 spiro atoms. The van der Waals surface area contributed by atoms with Crippen LogP contribution in [0.1, 0.15) is 51.8 Å². The van der Waals surface area contributed by atoms with Crippen molar-refractivity contribution >= 4 is 11.6 Å². The van der Waals surface area contributed by atoms with Crippen molar-refractivity contribution in [3.05, 3.63) is 101 Å². The Kier molecular flexibility index (Phi) is 6.94. The van der Waals surface area contributed by atoms with Crippen LogP contribution in [0.2, 0.25) is 0 Å². The molecule has 6 N–H and O–H groups in total. The number of anilines is 1. The molecular formula is C29H31N5O3. The maximum absolute atomic E-state index is 13.4. The molecule has 1 heterocycles. The number of benzene rings is 3. The van der Waals surface area contributed by atoms with Crippen molar-refractivity contribution in [2.75, 3.05) is 11.9 Å². The molecule has 0 bridgehead atoms. The van der Waals surface area contributed by atoms with Gasteiger partial charge in [0.1, 0.15) is 17.2 Å². The molecule has 1 aliphatic carbocycles. The molecule has 0 aliphatic heterocycles. The molecule has 3 aromatic carbocycles. The summed E-state index contributed by atoms with van der Waals surface area (Å²) < 4.78 is 1.62. The van der Waals surface area contributed by atoms with Gasteiger partial charge in [0.15, 0.2) is 0 Å². The molecule has 5 rings (SSSR count). The van der Waals surface area contributed by atoms with E-state index in [9.17, 15) is 15.0 Å². The van der Waals surface area contributed by atoms with Gasteiger partial charge in [-0.25, -0.2) is 4.68 Å². The van der Waals surface area contributed by atoms with Crippen LogP contribution < -0.4 is 16.4 Å². The predicted octanol–water partition coefficient (Wildman–Crippen LogP) is 4.39. The molecule has 0 saturated heterocycles. The second-order valence-corrected chi connectivity index (χ2v) is 9.56. The summed E-state index contributed by atoms with van der Waals surface area (Å²) in [6, 6.07) is 21.1. The highest BCUT2D eigenvalue weighted by molar-refractivity contribution is 6.03. The Morgan fingerprint density at radius 1 is 1.08 bits per heavy atom. The van der Waals surface area contributed by atoms with E-state index >= 15 is 0 Å². The number of nitrogens with zero attached hydrogens (tertiary/aromatic N) is 2. The zero-order chi connectivity index (χ0) is 25.9. The lowest BCUT2D eigenvalue weighted by molar-refractivity contribution is 0.101. The number of rotatable bonds is 9. The highest BCUT2D eigenvalue weighted by atomic mass is 16.3. The van der Waals surface area contributed by atoms with E-state index in [1.807, 2.05) is 55.5 Å². The van der Waals surface area contributed by atoms with Gasteiger partial charge >= 0.3 is 0 Å². The van der Waals surface area contributed by atoms with Gasteiger partial charge < -0.3 is 26.6 Å². The number of nitrogens with one attached hydrogen (secondary N) is 2. The van der Waals surface area contributed by atoms with Crippen LogP contribution in [0.25, 0.3) is 5.69 Å². The van der Waals surface area contributed by atoms with Crippen molar-refractivity contribution < 1.29 is 15.0 Å². The van der Waals surface area contributed by atoms with Crippen molar-refractivity contribution in [3.8, 4) is 17.2 Å². The normalized spacial score (nSPS) is 13.9. The van der Waals surface area contributed by atoms with Gasteiger partial charge in [-0.3, -0.25) is 4.79 Å². The monoisotopic (exact) mass is 497 g/mol.